The highest BCUT2D eigenvalue weighted by molar-refractivity contribution is 9.10. The van der Waals surface area contributed by atoms with Gasteiger partial charge in [0.25, 0.3) is 5.91 Å². The van der Waals surface area contributed by atoms with E-state index in [0.29, 0.717) is 10.7 Å². The molecule has 0 aliphatic heterocycles. The van der Waals surface area contributed by atoms with Gasteiger partial charge in [0.15, 0.2) is 0 Å². The lowest BCUT2D eigenvalue weighted by atomic mass is 10.0. The minimum absolute atomic E-state index is 0.0137. The molecule has 1 N–H and O–H groups in total. The van der Waals surface area contributed by atoms with Crippen LogP contribution in [0.4, 0.5) is 5.69 Å². The summed E-state index contributed by atoms with van der Waals surface area (Å²) >= 11 is 13.2. The number of aryl methyl sites for hydroxylation is 1. The average molecular weight is 545 g/mol. The van der Waals surface area contributed by atoms with Gasteiger partial charge in [-0.3, -0.25) is 4.79 Å². The van der Waals surface area contributed by atoms with Gasteiger partial charge in [-0.25, -0.2) is 0 Å². The van der Waals surface area contributed by atoms with Gasteiger partial charge >= 0.3 is 0 Å². The molecule has 0 bridgehead atoms. The van der Waals surface area contributed by atoms with E-state index in [1.165, 1.54) is 5.56 Å². The molecule has 3 aromatic carbocycles. The summed E-state index contributed by atoms with van der Waals surface area (Å²) in [5.74, 6) is -0.476. The Morgan fingerprint density at radius 2 is 1.80 bits per heavy atom. The van der Waals surface area contributed by atoms with Crippen molar-refractivity contribution in [3.8, 4) is 6.07 Å². The summed E-state index contributed by atoms with van der Waals surface area (Å²) in [7, 11) is 0. The number of nitrogens with zero attached hydrogens (tertiary/aromatic N) is 1. The number of amides is 1. The third-order valence-electron chi connectivity index (χ3n) is 4.54. The van der Waals surface area contributed by atoms with Gasteiger partial charge in [-0.15, -0.1) is 0 Å². The number of nitriles is 1. The van der Waals surface area contributed by atoms with Gasteiger partial charge < -0.3 is 5.32 Å². The fourth-order valence-corrected chi connectivity index (χ4v) is 4.01. The molecule has 0 unspecified atom stereocenters. The monoisotopic (exact) mass is 542 g/mol. The molecule has 1 amide bonds. The van der Waals surface area contributed by atoms with Crippen molar-refractivity contribution in [3.63, 3.8) is 0 Å². The number of anilines is 1. The van der Waals surface area contributed by atoms with Crippen LogP contribution >= 0.6 is 43.5 Å². The highest BCUT2D eigenvalue weighted by atomic mass is 79.9. The van der Waals surface area contributed by atoms with Gasteiger partial charge in [0.1, 0.15) is 11.6 Å². The van der Waals surface area contributed by atoms with Gasteiger partial charge in [-0.05, 0) is 65.9 Å². The van der Waals surface area contributed by atoms with E-state index in [9.17, 15) is 10.1 Å². The largest absolute Gasteiger partial charge is 0.321 e. The first-order valence-electron chi connectivity index (χ1n) is 9.08. The molecule has 0 spiro atoms. The smallest absolute Gasteiger partial charge is 0.266 e. The van der Waals surface area contributed by atoms with Crippen molar-refractivity contribution in [2.45, 2.75) is 13.3 Å². The molecule has 0 fully saturated rings. The molecular weight excluding hydrogens is 528 g/mol. The lowest BCUT2D eigenvalue weighted by Crippen LogP contribution is -2.14. The first-order chi connectivity index (χ1) is 14.4. The molecule has 3 rings (SSSR count). The first kappa shape index (κ1) is 22.3. The van der Waals surface area contributed by atoms with Crippen LogP contribution in [0, 0.1) is 18.3 Å². The number of hydrogen-bond donors (Lipinski definition) is 1. The molecule has 3 aromatic rings. The van der Waals surface area contributed by atoms with Crippen molar-refractivity contribution in [1.29, 1.82) is 5.26 Å². The van der Waals surface area contributed by atoms with Gasteiger partial charge in [0.2, 0.25) is 0 Å². The molecular formula is C24H17Br2ClN2O. The summed E-state index contributed by atoms with van der Waals surface area (Å²) in [6, 6.07) is 21.1. The number of nitrogens with one attached hydrogen (secondary N) is 1. The Hall–Kier alpha value is -2.39. The maximum Gasteiger partial charge on any atom is 0.266 e. The summed E-state index contributed by atoms with van der Waals surface area (Å²) in [5, 5.41) is 12.8. The van der Waals surface area contributed by atoms with Crippen LogP contribution in [-0.2, 0) is 11.2 Å². The molecule has 0 aliphatic carbocycles. The molecule has 0 atom stereocenters. The second kappa shape index (κ2) is 10.1. The number of benzene rings is 3. The minimum atomic E-state index is -0.476. The Balaban J connectivity index is 1.81. The molecule has 0 aliphatic rings. The molecule has 0 saturated carbocycles. The Morgan fingerprint density at radius 1 is 1.07 bits per heavy atom. The molecule has 0 heterocycles. The van der Waals surface area contributed by atoms with E-state index in [1.807, 2.05) is 55.5 Å². The lowest BCUT2D eigenvalue weighted by Gasteiger charge is -2.09. The molecule has 0 aromatic heterocycles. The zero-order chi connectivity index (χ0) is 21.7. The summed E-state index contributed by atoms with van der Waals surface area (Å²) in [6.07, 6.45) is 2.33. The van der Waals surface area contributed by atoms with Crippen molar-refractivity contribution in [1.82, 2.24) is 0 Å². The third-order valence-corrected chi connectivity index (χ3v) is 6.29. The van der Waals surface area contributed by atoms with Crippen LogP contribution in [0.15, 0.2) is 75.2 Å². The van der Waals surface area contributed by atoms with Crippen LogP contribution in [-0.4, -0.2) is 5.91 Å². The van der Waals surface area contributed by atoms with Crippen molar-refractivity contribution in [2.75, 3.05) is 5.32 Å². The molecule has 150 valence electrons. The Morgan fingerprint density at radius 3 is 2.50 bits per heavy atom. The van der Waals surface area contributed by atoms with E-state index in [-0.39, 0.29) is 5.57 Å². The van der Waals surface area contributed by atoms with E-state index in [1.54, 1.807) is 18.2 Å². The molecule has 6 heteroatoms. The van der Waals surface area contributed by atoms with E-state index in [0.717, 1.165) is 32.1 Å². The fourth-order valence-electron chi connectivity index (χ4n) is 2.88. The SMILES string of the molecule is Cc1ccc(Cl)cc1NC(=O)/C(C#N)=C/c1ccc(Cc2ccccc2Br)c(Br)c1. The number of halogens is 3. The molecule has 0 saturated heterocycles. The minimum Gasteiger partial charge on any atom is -0.321 e. The number of carbonyl (C=O) groups is 1. The van der Waals surface area contributed by atoms with Gasteiger partial charge in [0, 0.05) is 19.7 Å². The Bertz CT molecular complexity index is 1180. The maximum absolute atomic E-state index is 12.6. The van der Waals surface area contributed by atoms with Crippen LogP contribution in [0.25, 0.3) is 6.08 Å². The predicted molar refractivity (Wildman–Crippen MR) is 129 cm³/mol. The van der Waals surface area contributed by atoms with Crippen LogP contribution in [0.3, 0.4) is 0 Å². The van der Waals surface area contributed by atoms with Crippen LogP contribution in [0.5, 0.6) is 0 Å². The second-order valence-corrected chi connectivity index (χ2v) is 8.85. The molecule has 0 radical (unpaired) electrons. The summed E-state index contributed by atoms with van der Waals surface area (Å²) in [6.45, 7) is 1.86. The van der Waals surface area contributed by atoms with Crippen molar-refractivity contribution in [2.24, 2.45) is 0 Å². The van der Waals surface area contributed by atoms with Crippen molar-refractivity contribution >= 4 is 61.1 Å². The first-order valence-corrected chi connectivity index (χ1v) is 11.0. The van der Waals surface area contributed by atoms with Gasteiger partial charge in [-0.2, -0.15) is 5.26 Å². The fraction of sp³-hybridized carbons (Fsp3) is 0.0833. The molecule has 30 heavy (non-hydrogen) atoms. The van der Waals surface area contributed by atoms with E-state index in [2.05, 4.69) is 43.2 Å². The second-order valence-electron chi connectivity index (χ2n) is 6.70. The van der Waals surface area contributed by atoms with Crippen molar-refractivity contribution < 1.29 is 4.79 Å². The van der Waals surface area contributed by atoms with Crippen LogP contribution in [0.2, 0.25) is 5.02 Å². The van der Waals surface area contributed by atoms with E-state index in [4.69, 9.17) is 11.6 Å². The highest BCUT2D eigenvalue weighted by Gasteiger charge is 2.12. The zero-order valence-electron chi connectivity index (χ0n) is 16.0. The third kappa shape index (κ3) is 5.60. The summed E-state index contributed by atoms with van der Waals surface area (Å²) in [5.41, 5.74) is 4.50. The summed E-state index contributed by atoms with van der Waals surface area (Å²) < 4.78 is 1.97. The Kier molecular flexibility index (Phi) is 7.49. The van der Waals surface area contributed by atoms with Gasteiger partial charge in [0.05, 0.1) is 0 Å². The summed E-state index contributed by atoms with van der Waals surface area (Å²) in [4.78, 5) is 12.6. The number of carbonyl (C=O) groups excluding carboxylic acids is 1. The van der Waals surface area contributed by atoms with Crippen LogP contribution in [0.1, 0.15) is 22.3 Å². The molecule has 3 nitrogen and oxygen atoms in total. The van der Waals surface area contributed by atoms with E-state index >= 15 is 0 Å². The van der Waals surface area contributed by atoms with Crippen LogP contribution < -0.4 is 5.32 Å². The van der Waals surface area contributed by atoms with E-state index < -0.39 is 5.91 Å². The van der Waals surface area contributed by atoms with Gasteiger partial charge in [-0.1, -0.05) is 79.9 Å². The predicted octanol–water partition coefficient (Wildman–Crippen LogP) is 7.31. The zero-order valence-corrected chi connectivity index (χ0v) is 20.0. The number of rotatable bonds is 5. The Labute approximate surface area is 197 Å². The highest BCUT2D eigenvalue weighted by Crippen LogP contribution is 2.26. The maximum atomic E-state index is 12.6. The lowest BCUT2D eigenvalue weighted by molar-refractivity contribution is -0.112. The quantitative estimate of drug-likeness (QED) is 0.271. The normalized spacial score (nSPS) is 11.1. The number of hydrogen-bond acceptors (Lipinski definition) is 2. The average Bonchev–Trinajstić information content (AvgIpc) is 2.72. The standard InChI is InChI=1S/C24H17Br2ClN2O/c1-15-6-9-20(27)13-23(15)29-24(30)19(14-28)10-16-7-8-18(22(26)11-16)12-17-4-2-3-5-21(17)25/h2-11,13H,12H2,1H3,(H,29,30)/b19-10+. The topological polar surface area (TPSA) is 52.9 Å². The van der Waals surface area contributed by atoms with Crippen molar-refractivity contribution in [3.05, 3.63) is 102 Å².